The molecule has 5 nitrogen and oxygen atoms in total. The van der Waals surface area contributed by atoms with E-state index in [1.807, 2.05) is 11.5 Å². The van der Waals surface area contributed by atoms with E-state index in [0.29, 0.717) is 19.4 Å². The van der Waals surface area contributed by atoms with Crippen LogP contribution in [-0.4, -0.2) is 21.4 Å². The second-order valence-corrected chi connectivity index (χ2v) is 4.97. The Bertz CT molecular complexity index is 470. The zero-order valence-electron chi connectivity index (χ0n) is 9.76. The minimum Gasteiger partial charge on any atom is -0.480 e. The Morgan fingerprint density at radius 1 is 1.50 bits per heavy atom. The molecule has 0 aromatic carbocycles. The van der Waals surface area contributed by atoms with Crippen LogP contribution in [0, 0.1) is 5.41 Å². The second-order valence-electron chi connectivity index (χ2n) is 4.32. The van der Waals surface area contributed by atoms with Crippen molar-refractivity contribution in [1.29, 1.82) is 0 Å². The van der Waals surface area contributed by atoms with Crippen molar-refractivity contribution in [2.75, 3.05) is 0 Å². The van der Waals surface area contributed by atoms with Crippen molar-refractivity contribution in [3.05, 3.63) is 29.3 Å². The number of rotatable bonds is 4. The van der Waals surface area contributed by atoms with Gasteiger partial charge < -0.3 is 10.4 Å². The molecule has 0 radical (unpaired) electrons. The van der Waals surface area contributed by atoms with Crippen molar-refractivity contribution in [2.45, 2.75) is 25.8 Å². The Hall–Kier alpha value is -1.69. The number of nitrogens with one attached hydrogen (secondary N) is 1. The standard InChI is InChI=1S/C12H14N2O3S/c15-10(13-6-9-7-14-18-8-9)12(11(16)17)4-2-1-3-5-12/h1-2,7-8H,3-6H2,(H,13,15)(H,16,17). The molecule has 1 heterocycles. The van der Waals surface area contributed by atoms with E-state index in [1.54, 1.807) is 12.3 Å². The Morgan fingerprint density at radius 2 is 2.33 bits per heavy atom. The van der Waals surface area contributed by atoms with Gasteiger partial charge in [-0.2, -0.15) is 0 Å². The van der Waals surface area contributed by atoms with E-state index in [1.165, 1.54) is 11.5 Å². The van der Waals surface area contributed by atoms with Gasteiger partial charge in [0, 0.05) is 23.7 Å². The highest BCUT2D eigenvalue weighted by Crippen LogP contribution is 2.33. The number of carboxylic acids is 1. The van der Waals surface area contributed by atoms with Crippen molar-refractivity contribution in [3.8, 4) is 0 Å². The summed E-state index contributed by atoms with van der Waals surface area (Å²) < 4.78 is 3.93. The highest BCUT2D eigenvalue weighted by atomic mass is 32.1. The van der Waals surface area contributed by atoms with Crippen molar-refractivity contribution in [3.63, 3.8) is 0 Å². The SMILES string of the molecule is O=C(O)C1(C(=O)NCc2cnsc2)CC=CCC1. The summed E-state index contributed by atoms with van der Waals surface area (Å²) in [6, 6.07) is 0. The molecule has 1 aliphatic carbocycles. The van der Waals surface area contributed by atoms with Crippen LogP contribution in [0.2, 0.25) is 0 Å². The second kappa shape index (κ2) is 5.30. The third-order valence-corrected chi connectivity index (χ3v) is 3.79. The van der Waals surface area contributed by atoms with Crippen LogP contribution in [-0.2, 0) is 16.1 Å². The molecule has 1 aromatic rings. The third-order valence-electron chi connectivity index (χ3n) is 3.15. The number of aliphatic carboxylic acids is 1. The average Bonchev–Trinajstić information content (AvgIpc) is 2.89. The molecule has 1 atom stereocenters. The molecule has 18 heavy (non-hydrogen) atoms. The fourth-order valence-electron chi connectivity index (χ4n) is 2.00. The smallest absolute Gasteiger partial charge is 0.319 e. The van der Waals surface area contributed by atoms with Crippen molar-refractivity contribution >= 4 is 23.4 Å². The first-order chi connectivity index (χ1) is 8.65. The molecule has 2 rings (SSSR count). The normalized spacial score (nSPS) is 22.7. The molecule has 2 N–H and O–H groups in total. The van der Waals surface area contributed by atoms with Crippen LogP contribution in [0.1, 0.15) is 24.8 Å². The lowest BCUT2D eigenvalue weighted by Gasteiger charge is -2.28. The minimum atomic E-state index is -1.31. The summed E-state index contributed by atoms with van der Waals surface area (Å²) in [5.74, 6) is -1.46. The predicted molar refractivity (Wildman–Crippen MR) is 67.0 cm³/mol. The number of allylic oxidation sites excluding steroid dienone is 2. The Morgan fingerprint density at radius 3 is 2.89 bits per heavy atom. The summed E-state index contributed by atoms with van der Waals surface area (Å²) in [6.45, 7) is 0.327. The van der Waals surface area contributed by atoms with E-state index in [-0.39, 0.29) is 6.42 Å². The highest BCUT2D eigenvalue weighted by molar-refractivity contribution is 7.03. The first kappa shape index (κ1) is 12.8. The minimum absolute atomic E-state index is 0.260. The highest BCUT2D eigenvalue weighted by Gasteiger charge is 2.45. The maximum absolute atomic E-state index is 12.1. The first-order valence-corrected chi connectivity index (χ1v) is 6.54. The van der Waals surface area contributed by atoms with Crippen molar-refractivity contribution in [1.82, 2.24) is 9.69 Å². The maximum Gasteiger partial charge on any atom is 0.319 e. The van der Waals surface area contributed by atoms with Crippen molar-refractivity contribution in [2.24, 2.45) is 5.41 Å². The number of carboxylic acid groups (broad SMARTS) is 1. The van der Waals surface area contributed by atoms with Crippen LogP contribution in [0.15, 0.2) is 23.7 Å². The van der Waals surface area contributed by atoms with Gasteiger partial charge in [0.15, 0.2) is 0 Å². The maximum atomic E-state index is 12.1. The topological polar surface area (TPSA) is 79.3 Å². The number of carbonyl (C=O) groups excluding carboxylic acids is 1. The van der Waals surface area contributed by atoms with Crippen LogP contribution in [0.4, 0.5) is 0 Å². The predicted octanol–water partition coefficient (Wildman–Crippen LogP) is 1.57. The van der Waals surface area contributed by atoms with Gasteiger partial charge in [-0.3, -0.25) is 9.59 Å². The molecule has 0 aliphatic heterocycles. The monoisotopic (exact) mass is 266 g/mol. The van der Waals surface area contributed by atoms with Crippen LogP contribution < -0.4 is 5.32 Å². The summed E-state index contributed by atoms with van der Waals surface area (Å²) in [6.07, 6.45) is 6.59. The number of nitrogens with zero attached hydrogens (tertiary/aromatic N) is 1. The van der Waals surface area contributed by atoms with Gasteiger partial charge in [-0.05, 0) is 30.8 Å². The quantitative estimate of drug-likeness (QED) is 0.640. The number of carbonyl (C=O) groups is 2. The molecule has 1 amide bonds. The van der Waals surface area contributed by atoms with E-state index in [4.69, 9.17) is 0 Å². The number of hydrogen-bond acceptors (Lipinski definition) is 4. The largest absolute Gasteiger partial charge is 0.480 e. The summed E-state index contributed by atoms with van der Waals surface area (Å²) in [7, 11) is 0. The van der Waals surface area contributed by atoms with Gasteiger partial charge in [-0.15, -0.1) is 0 Å². The van der Waals surface area contributed by atoms with E-state index < -0.39 is 17.3 Å². The lowest BCUT2D eigenvalue weighted by Crippen LogP contribution is -2.46. The molecule has 6 heteroatoms. The van der Waals surface area contributed by atoms with Crippen LogP contribution in [0.25, 0.3) is 0 Å². The van der Waals surface area contributed by atoms with Gasteiger partial charge in [0.1, 0.15) is 5.41 Å². The molecule has 0 bridgehead atoms. The lowest BCUT2D eigenvalue weighted by atomic mass is 9.76. The van der Waals surface area contributed by atoms with E-state index in [9.17, 15) is 14.7 Å². The van der Waals surface area contributed by atoms with Crippen LogP contribution in [0.5, 0.6) is 0 Å². The average molecular weight is 266 g/mol. The zero-order chi connectivity index (χ0) is 13.0. The lowest BCUT2D eigenvalue weighted by molar-refractivity contribution is -0.156. The fourth-order valence-corrected chi connectivity index (χ4v) is 2.53. The van der Waals surface area contributed by atoms with Gasteiger partial charge in [-0.1, -0.05) is 12.2 Å². The summed E-state index contributed by atoms with van der Waals surface area (Å²) in [4.78, 5) is 23.5. The molecular weight excluding hydrogens is 252 g/mol. The van der Waals surface area contributed by atoms with Gasteiger partial charge in [0.2, 0.25) is 5.91 Å². The fraction of sp³-hybridized carbons (Fsp3) is 0.417. The van der Waals surface area contributed by atoms with Crippen LogP contribution >= 0.6 is 11.5 Å². The number of aromatic nitrogens is 1. The van der Waals surface area contributed by atoms with Gasteiger partial charge in [0.05, 0.1) is 0 Å². The Balaban J connectivity index is 2.05. The molecule has 0 saturated heterocycles. The van der Waals surface area contributed by atoms with Gasteiger partial charge >= 0.3 is 5.97 Å². The van der Waals surface area contributed by atoms with E-state index >= 15 is 0 Å². The van der Waals surface area contributed by atoms with Crippen molar-refractivity contribution < 1.29 is 14.7 Å². The summed E-state index contributed by atoms with van der Waals surface area (Å²) >= 11 is 1.30. The molecule has 0 spiro atoms. The van der Waals surface area contributed by atoms with E-state index in [2.05, 4.69) is 9.69 Å². The molecule has 0 saturated carbocycles. The first-order valence-electron chi connectivity index (χ1n) is 5.70. The summed E-state index contributed by atoms with van der Waals surface area (Å²) in [5, 5.41) is 13.8. The number of amides is 1. The molecule has 0 fully saturated rings. The van der Waals surface area contributed by atoms with Gasteiger partial charge in [0.25, 0.3) is 0 Å². The molecule has 1 unspecified atom stereocenters. The van der Waals surface area contributed by atoms with E-state index in [0.717, 1.165) is 5.56 Å². The number of hydrogen-bond donors (Lipinski definition) is 2. The Kier molecular flexibility index (Phi) is 3.76. The molecule has 96 valence electrons. The Labute approximate surface area is 109 Å². The molecular formula is C12H14N2O3S. The molecule has 1 aromatic heterocycles. The van der Waals surface area contributed by atoms with Crippen LogP contribution in [0.3, 0.4) is 0 Å². The molecule has 1 aliphatic rings. The summed E-state index contributed by atoms with van der Waals surface area (Å²) in [5.41, 5.74) is -0.418. The zero-order valence-corrected chi connectivity index (χ0v) is 10.6. The van der Waals surface area contributed by atoms with Gasteiger partial charge in [-0.25, -0.2) is 4.37 Å². The third kappa shape index (κ3) is 2.43.